The molecule has 1 aromatic carbocycles. The minimum Gasteiger partial charge on any atom is -0.311 e. The molecule has 2 heteroatoms. The van der Waals surface area contributed by atoms with E-state index in [1.165, 1.54) is 16.8 Å². The highest BCUT2D eigenvalue weighted by atomic mass is 15.5. The zero-order valence-electron chi connectivity index (χ0n) is 8.18. The number of benzene rings is 1. The topological polar surface area (TPSA) is 15.3 Å². The largest absolute Gasteiger partial charge is 0.311 e. The fraction of sp³-hybridized carbons (Fsp3) is 0.400. The maximum atomic E-state index is 3.07. The molecule has 0 atom stereocenters. The molecule has 0 amide bonds. The molecule has 0 aliphatic carbocycles. The van der Waals surface area contributed by atoms with Crippen LogP contribution in [0.25, 0.3) is 0 Å². The molecular formula is C10H16N2. The Kier molecular flexibility index (Phi) is 2.71. The number of hydrazine groups is 1. The fourth-order valence-corrected chi connectivity index (χ4v) is 1.30. The van der Waals surface area contributed by atoms with Crippen LogP contribution in [0, 0.1) is 13.8 Å². The van der Waals surface area contributed by atoms with Crippen LogP contribution in [0.2, 0.25) is 0 Å². The van der Waals surface area contributed by atoms with E-state index in [1.807, 2.05) is 19.1 Å². The van der Waals surface area contributed by atoms with Gasteiger partial charge in [-0.3, -0.25) is 0 Å². The summed E-state index contributed by atoms with van der Waals surface area (Å²) in [6.07, 6.45) is 0. The smallest absolute Gasteiger partial charge is 0.0545 e. The lowest BCUT2D eigenvalue weighted by molar-refractivity contribution is 0.788. The van der Waals surface area contributed by atoms with Gasteiger partial charge in [0.15, 0.2) is 0 Å². The normalized spacial score (nSPS) is 10.0. The van der Waals surface area contributed by atoms with E-state index < -0.39 is 0 Å². The number of rotatable bonds is 2. The summed E-state index contributed by atoms with van der Waals surface area (Å²) in [6, 6.07) is 6.43. The third-order valence-corrected chi connectivity index (χ3v) is 2.05. The number of aryl methyl sites for hydroxylation is 2. The van der Waals surface area contributed by atoms with E-state index in [0.29, 0.717) is 0 Å². The zero-order chi connectivity index (χ0) is 9.14. The van der Waals surface area contributed by atoms with Crippen LogP contribution in [0.4, 0.5) is 5.69 Å². The molecule has 2 nitrogen and oxygen atoms in total. The maximum Gasteiger partial charge on any atom is 0.0545 e. The number of hydrogen-bond acceptors (Lipinski definition) is 2. The lowest BCUT2D eigenvalue weighted by Crippen LogP contribution is -2.30. The summed E-state index contributed by atoms with van der Waals surface area (Å²) in [4.78, 5) is 0. The second-order valence-electron chi connectivity index (χ2n) is 3.07. The first-order valence-electron chi connectivity index (χ1n) is 4.13. The average Bonchev–Trinajstić information content (AvgIpc) is 2.03. The first-order chi connectivity index (χ1) is 5.65. The van der Waals surface area contributed by atoms with E-state index in [4.69, 9.17) is 0 Å². The summed E-state index contributed by atoms with van der Waals surface area (Å²) in [5, 5.41) is 2.01. The molecule has 0 unspecified atom stereocenters. The first-order valence-corrected chi connectivity index (χ1v) is 4.13. The Morgan fingerprint density at radius 1 is 1.25 bits per heavy atom. The Morgan fingerprint density at radius 2 is 1.92 bits per heavy atom. The summed E-state index contributed by atoms with van der Waals surface area (Å²) in [7, 11) is 3.93. The van der Waals surface area contributed by atoms with Crippen LogP contribution in [0.5, 0.6) is 0 Å². The Bertz CT molecular complexity index is 269. The second kappa shape index (κ2) is 3.59. The van der Waals surface area contributed by atoms with Gasteiger partial charge in [-0.1, -0.05) is 17.7 Å². The van der Waals surface area contributed by atoms with E-state index in [1.54, 1.807) is 0 Å². The minimum atomic E-state index is 1.23. The van der Waals surface area contributed by atoms with Crippen LogP contribution in [-0.4, -0.2) is 14.1 Å². The lowest BCUT2D eigenvalue weighted by Gasteiger charge is -2.19. The summed E-state index contributed by atoms with van der Waals surface area (Å²) < 4.78 is 0. The highest BCUT2D eigenvalue weighted by molar-refractivity contribution is 5.52. The minimum absolute atomic E-state index is 1.23. The van der Waals surface area contributed by atoms with Crippen LogP contribution in [0.1, 0.15) is 11.1 Å². The van der Waals surface area contributed by atoms with Crippen LogP contribution in [0.15, 0.2) is 18.2 Å². The molecular weight excluding hydrogens is 148 g/mol. The van der Waals surface area contributed by atoms with E-state index in [-0.39, 0.29) is 0 Å². The van der Waals surface area contributed by atoms with Gasteiger partial charge in [0.1, 0.15) is 0 Å². The van der Waals surface area contributed by atoms with Crippen molar-refractivity contribution >= 4 is 5.69 Å². The van der Waals surface area contributed by atoms with Gasteiger partial charge in [-0.25, -0.2) is 5.43 Å². The fourth-order valence-electron chi connectivity index (χ4n) is 1.30. The van der Waals surface area contributed by atoms with E-state index in [9.17, 15) is 0 Å². The van der Waals surface area contributed by atoms with Gasteiger partial charge in [-0.15, -0.1) is 0 Å². The van der Waals surface area contributed by atoms with Crippen molar-refractivity contribution in [1.29, 1.82) is 0 Å². The van der Waals surface area contributed by atoms with Gasteiger partial charge >= 0.3 is 0 Å². The highest BCUT2D eigenvalue weighted by Crippen LogP contribution is 2.17. The van der Waals surface area contributed by atoms with Crippen LogP contribution in [0.3, 0.4) is 0 Å². The summed E-state index contributed by atoms with van der Waals surface area (Å²) in [5.74, 6) is 0. The van der Waals surface area contributed by atoms with Crippen molar-refractivity contribution in [2.24, 2.45) is 0 Å². The van der Waals surface area contributed by atoms with Crippen molar-refractivity contribution in [3.63, 3.8) is 0 Å². The van der Waals surface area contributed by atoms with Crippen molar-refractivity contribution in [1.82, 2.24) is 5.43 Å². The predicted octanol–water partition coefficient (Wildman–Crippen LogP) is 1.87. The summed E-state index contributed by atoms with van der Waals surface area (Å²) >= 11 is 0. The molecule has 0 aromatic heterocycles. The molecule has 66 valence electrons. The van der Waals surface area contributed by atoms with E-state index >= 15 is 0 Å². The van der Waals surface area contributed by atoms with Gasteiger partial charge in [0.2, 0.25) is 0 Å². The Morgan fingerprint density at radius 3 is 2.42 bits per heavy atom. The third-order valence-electron chi connectivity index (χ3n) is 2.05. The van der Waals surface area contributed by atoms with Crippen molar-refractivity contribution in [2.75, 3.05) is 19.1 Å². The van der Waals surface area contributed by atoms with Gasteiger partial charge < -0.3 is 5.01 Å². The Balaban J connectivity index is 3.01. The molecule has 12 heavy (non-hydrogen) atoms. The molecule has 0 spiro atoms. The number of anilines is 1. The van der Waals surface area contributed by atoms with Gasteiger partial charge in [-0.05, 0) is 25.5 Å². The Labute approximate surface area is 74.2 Å². The van der Waals surface area contributed by atoms with Gasteiger partial charge in [-0.2, -0.15) is 0 Å². The average molecular weight is 164 g/mol. The van der Waals surface area contributed by atoms with Crippen molar-refractivity contribution in [3.8, 4) is 0 Å². The molecule has 1 rings (SSSR count). The van der Waals surface area contributed by atoms with Crippen LogP contribution in [-0.2, 0) is 0 Å². The third kappa shape index (κ3) is 1.77. The van der Waals surface area contributed by atoms with Crippen molar-refractivity contribution < 1.29 is 0 Å². The SMILES string of the molecule is CNN(C)c1ccc(C)cc1C. The lowest BCUT2D eigenvalue weighted by atomic mass is 10.1. The molecule has 0 heterocycles. The molecule has 0 aliphatic rings. The maximum absolute atomic E-state index is 3.07. The van der Waals surface area contributed by atoms with Gasteiger partial charge in [0, 0.05) is 14.1 Å². The first kappa shape index (κ1) is 9.07. The Hall–Kier alpha value is -1.02. The number of nitrogens with one attached hydrogen (secondary N) is 1. The van der Waals surface area contributed by atoms with Gasteiger partial charge in [0.05, 0.1) is 5.69 Å². The number of hydrogen-bond donors (Lipinski definition) is 1. The van der Waals surface area contributed by atoms with Crippen molar-refractivity contribution in [2.45, 2.75) is 13.8 Å². The standard InChI is InChI=1S/C10H16N2/c1-8-5-6-10(9(2)7-8)12(4)11-3/h5-7,11H,1-4H3. The molecule has 1 N–H and O–H groups in total. The predicted molar refractivity (Wildman–Crippen MR) is 53.4 cm³/mol. The monoisotopic (exact) mass is 164 g/mol. The molecule has 0 fully saturated rings. The highest BCUT2D eigenvalue weighted by Gasteiger charge is 2.00. The molecule has 0 aliphatic heterocycles. The van der Waals surface area contributed by atoms with E-state index in [2.05, 4.69) is 37.5 Å². The van der Waals surface area contributed by atoms with Gasteiger partial charge in [0.25, 0.3) is 0 Å². The van der Waals surface area contributed by atoms with Crippen LogP contribution >= 0.6 is 0 Å². The van der Waals surface area contributed by atoms with E-state index in [0.717, 1.165) is 0 Å². The van der Waals surface area contributed by atoms with Crippen LogP contribution < -0.4 is 10.4 Å². The molecule has 1 aromatic rings. The quantitative estimate of drug-likeness (QED) is 0.671. The zero-order valence-corrected chi connectivity index (χ0v) is 8.18. The number of nitrogens with zero attached hydrogens (tertiary/aromatic N) is 1. The van der Waals surface area contributed by atoms with Crippen molar-refractivity contribution in [3.05, 3.63) is 29.3 Å². The second-order valence-corrected chi connectivity index (χ2v) is 3.07. The molecule has 0 bridgehead atoms. The molecule has 0 radical (unpaired) electrons. The summed E-state index contributed by atoms with van der Waals surface area (Å²) in [6.45, 7) is 4.23. The molecule has 0 saturated carbocycles. The summed E-state index contributed by atoms with van der Waals surface area (Å²) in [5.41, 5.74) is 6.90. The molecule has 0 saturated heterocycles.